The molecule has 11 heteroatoms. The van der Waals surface area contributed by atoms with Crippen LogP contribution in [0.5, 0.6) is 0 Å². The summed E-state index contributed by atoms with van der Waals surface area (Å²) in [7, 11) is 0. The lowest BCUT2D eigenvalue weighted by atomic mass is 10.1. The fourth-order valence-corrected chi connectivity index (χ4v) is 5.57. The zero-order valence-electron chi connectivity index (χ0n) is 23.7. The molecule has 44 heavy (non-hydrogen) atoms. The number of benzene rings is 2. The third-order valence-corrected chi connectivity index (χ3v) is 7.99. The number of pyridine rings is 2. The molecule has 0 saturated carbocycles. The largest absolute Gasteiger partial charge is 0.383 e. The van der Waals surface area contributed by atoms with Crippen LogP contribution < -0.4 is 10.6 Å². The van der Waals surface area contributed by atoms with Crippen molar-refractivity contribution in [2.45, 2.75) is 6.54 Å². The van der Waals surface area contributed by atoms with Crippen LogP contribution in [0, 0.1) is 11.3 Å². The number of aromatic nitrogens is 6. The first-order chi connectivity index (χ1) is 21.6. The highest BCUT2D eigenvalue weighted by Crippen LogP contribution is 2.32. The molecule has 0 radical (unpaired) electrons. The predicted molar refractivity (Wildman–Crippen MR) is 171 cm³/mol. The summed E-state index contributed by atoms with van der Waals surface area (Å²) < 4.78 is 2.04. The smallest absolute Gasteiger partial charge is 0.226 e. The van der Waals surface area contributed by atoms with Crippen LogP contribution in [-0.2, 0) is 6.54 Å². The van der Waals surface area contributed by atoms with Crippen molar-refractivity contribution in [3.63, 3.8) is 0 Å². The molecule has 6 aromatic rings. The molecule has 1 saturated heterocycles. The third kappa shape index (κ3) is 5.42. The quantitative estimate of drug-likeness (QED) is 0.269. The van der Waals surface area contributed by atoms with Gasteiger partial charge in [0.25, 0.3) is 0 Å². The molecular formula is C33H27ClN10. The number of nitriles is 1. The summed E-state index contributed by atoms with van der Waals surface area (Å²) in [5, 5.41) is 9.84. The zero-order chi connectivity index (χ0) is 30.0. The monoisotopic (exact) mass is 598 g/mol. The first-order valence-corrected chi connectivity index (χ1v) is 14.6. The first-order valence-electron chi connectivity index (χ1n) is 14.2. The minimum atomic E-state index is 0.383. The Hall–Kier alpha value is -5.37. The van der Waals surface area contributed by atoms with Crippen molar-refractivity contribution in [2.75, 3.05) is 36.8 Å². The fraction of sp³-hybridized carbons (Fsp3) is 0.152. The van der Waals surface area contributed by atoms with E-state index in [1.807, 2.05) is 53.1 Å². The van der Waals surface area contributed by atoms with Gasteiger partial charge in [0.15, 0.2) is 11.5 Å². The van der Waals surface area contributed by atoms with Gasteiger partial charge in [0, 0.05) is 61.4 Å². The van der Waals surface area contributed by atoms with Crippen LogP contribution in [0.4, 0.5) is 11.8 Å². The summed E-state index contributed by atoms with van der Waals surface area (Å²) in [5.74, 6) is 1.69. The summed E-state index contributed by atoms with van der Waals surface area (Å²) in [6, 6.07) is 27.6. The molecule has 2 N–H and O–H groups in total. The van der Waals surface area contributed by atoms with Gasteiger partial charge in [-0.3, -0.25) is 9.47 Å². The fourth-order valence-electron chi connectivity index (χ4n) is 5.45. The number of halogens is 1. The number of hydrogen-bond acceptors (Lipinski definition) is 9. The average Bonchev–Trinajstić information content (AvgIpc) is 3.44. The van der Waals surface area contributed by atoms with Crippen molar-refractivity contribution in [3.05, 3.63) is 108 Å². The van der Waals surface area contributed by atoms with Gasteiger partial charge in [-0.1, -0.05) is 35.9 Å². The van der Waals surface area contributed by atoms with Gasteiger partial charge in [0.1, 0.15) is 23.1 Å². The molecule has 7 rings (SSSR count). The lowest BCUT2D eigenvalue weighted by Crippen LogP contribution is -2.46. The maximum Gasteiger partial charge on any atom is 0.226 e. The van der Waals surface area contributed by atoms with Gasteiger partial charge in [-0.25, -0.2) is 24.9 Å². The summed E-state index contributed by atoms with van der Waals surface area (Å²) in [5.41, 5.74) is 12.8. The van der Waals surface area contributed by atoms with Crippen LogP contribution in [0.3, 0.4) is 0 Å². The van der Waals surface area contributed by atoms with Crippen LogP contribution in [0.1, 0.15) is 11.3 Å². The molecule has 0 bridgehead atoms. The second-order valence-electron chi connectivity index (χ2n) is 10.5. The molecule has 0 aliphatic carbocycles. The van der Waals surface area contributed by atoms with Gasteiger partial charge in [-0.2, -0.15) is 5.26 Å². The Morgan fingerprint density at radius 1 is 0.818 bits per heavy atom. The summed E-state index contributed by atoms with van der Waals surface area (Å²) in [4.78, 5) is 27.5. The molecular weight excluding hydrogens is 572 g/mol. The highest BCUT2D eigenvalue weighted by atomic mass is 35.5. The van der Waals surface area contributed by atoms with Gasteiger partial charge in [0.05, 0.1) is 11.3 Å². The Morgan fingerprint density at radius 2 is 1.61 bits per heavy atom. The minimum Gasteiger partial charge on any atom is -0.383 e. The maximum atomic E-state index is 9.16. The molecule has 1 aliphatic rings. The molecule has 0 atom stereocenters. The van der Waals surface area contributed by atoms with Crippen molar-refractivity contribution in [3.8, 4) is 34.4 Å². The predicted octanol–water partition coefficient (Wildman–Crippen LogP) is 5.37. The van der Waals surface area contributed by atoms with E-state index < -0.39 is 0 Å². The van der Waals surface area contributed by atoms with Crippen molar-refractivity contribution in [1.29, 1.82) is 5.26 Å². The summed E-state index contributed by atoms with van der Waals surface area (Å²) in [6.45, 7) is 4.15. The molecule has 4 aromatic heterocycles. The van der Waals surface area contributed by atoms with E-state index in [1.54, 1.807) is 18.5 Å². The maximum absolute atomic E-state index is 9.16. The molecule has 1 aliphatic heterocycles. The number of piperazine rings is 1. The molecule has 0 amide bonds. The number of hydrogen-bond donors (Lipinski definition) is 1. The summed E-state index contributed by atoms with van der Waals surface area (Å²) >= 11 is 6.13. The van der Waals surface area contributed by atoms with E-state index in [-0.39, 0.29) is 0 Å². The van der Waals surface area contributed by atoms with Crippen molar-refractivity contribution >= 4 is 34.5 Å². The Kier molecular flexibility index (Phi) is 7.32. The van der Waals surface area contributed by atoms with E-state index in [1.165, 1.54) is 5.56 Å². The molecule has 216 valence electrons. The van der Waals surface area contributed by atoms with Crippen LogP contribution >= 0.6 is 11.6 Å². The standard InChI is InChI=1S/C33H27ClN10/c34-24-7-5-23(6-8-24)28-11-12-29-32(40-28)44(31(41-29)27-2-1-14-37-30(27)36)26-9-3-22(4-10-26)21-42-16-18-43(19-17-42)33-38-15-13-25(20-35)39-33/h1-15H,16-19,21H2,(H2,36,37). The van der Waals surface area contributed by atoms with Gasteiger partial charge in [-0.05, 0) is 60.2 Å². The number of nitrogen functional groups attached to an aromatic ring is 1. The van der Waals surface area contributed by atoms with E-state index >= 15 is 0 Å². The van der Waals surface area contributed by atoms with E-state index in [2.05, 4.69) is 55.1 Å². The molecule has 0 spiro atoms. The highest BCUT2D eigenvalue weighted by molar-refractivity contribution is 6.30. The Morgan fingerprint density at radius 3 is 2.36 bits per heavy atom. The van der Waals surface area contributed by atoms with E-state index in [0.717, 1.165) is 66.4 Å². The highest BCUT2D eigenvalue weighted by Gasteiger charge is 2.21. The van der Waals surface area contributed by atoms with E-state index in [9.17, 15) is 0 Å². The van der Waals surface area contributed by atoms with E-state index in [4.69, 9.17) is 32.6 Å². The first kappa shape index (κ1) is 27.5. The number of imidazole rings is 1. The topological polar surface area (TPSA) is 126 Å². The van der Waals surface area contributed by atoms with Crippen LogP contribution in [0.2, 0.25) is 5.02 Å². The SMILES string of the molecule is N#Cc1ccnc(N2CCN(Cc3ccc(-n4c(-c5cccnc5N)nc5ccc(-c6ccc(Cl)cc6)nc54)cc3)CC2)n1. The Balaban J connectivity index is 1.17. The van der Waals surface area contributed by atoms with Gasteiger partial charge < -0.3 is 10.6 Å². The minimum absolute atomic E-state index is 0.383. The van der Waals surface area contributed by atoms with E-state index in [0.29, 0.717) is 28.3 Å². The number of anilines is 2. The Labute approximate surface area is 259 Å². The molecule has 2 aromatic carbocycles. The van der Waals surface area contributed by atoms with Crippen LogP contribution in [0.25, 0.3) is 39.5 Å². The number of nitrogens with zero attached hydrogens (tertiary/aromatic N) is 9. The zero-order valence-corrected chi connectivity index (χ0v) is 24.4. The molecule has 1 fully saturated rings. The molecule has 10 nitrogen and oxygen atoms in total. The normalized spacial score (nSPS) is 13.7. The van der Waals surface area contributed by atoms with Crippen molar-refractivity contribution < 1.29 is 0 Å². The van der Waals surface area contributed by atoms with Crippen molar-refractivity contribution in [1.82, 2.24) is 34.4 Å². The number of nitrogens with two attached hydrogens (primary N) is 1. The average molecular weight is 599 g/mol. The number of fused-ring (bicyclic) bond motifs is 1. The third-order valence-electron chi connectivity index (χ3n) is 7.74. The Bertz CT molecular complexity index is 1990. The number of rotatable bonds is 6. The lowest BCUT2D eigenvalue weighted by Gasteiger charge is -2.34. The van der Waals surface area contributed by atoms with Gasteiger partial charge >= 0.3 is 0 Å². The molecule has 5 heterocycles. The second kappa shape index (κ2) is 11.7. The second-order valence-corrected chi connectivity index (χ2v) is 11.0. The van der Waals surface area contributed by atoms with Crippen LogP contribution in [0.15, 0.2) is 91.3 Å². The van der Waals surface area contributed by atoms with Gasteiger partial charge in [-0.15, -0.1) is 0 Å². The van der Waals surface area contributed by atoms with Gasteiger partial charge in [0.2, 0.25) is 5.95 Å². The van der Waals surface area contributed by atoms with Crippen LogP contribution in [-0.4, -0.2) is 60.6 Å². The molecule has 0 unspecified atom stereocenters. The van der Waals surface area contributed by atoms with Crippen molar-refractivity contribution in [2.24, 2.45) is 0 Å². The summed E-state index contributed by atoms with van der Waals surface area (Å²) in [6.07, 6.45) is 3.31. The lowest BCUT2D eigenvalue weighted by molar-refractivity contribution is 0.248.